The second kappa shape index (κ2) is 6.49. The van der Waals surface area contributed by atoms with Crippen LogP contribution in [0.4, 0.5) is 13.2 Å². The molecule has 0 bridgehead atoms. The molecule has 2 aromatic rings. The fourth-order valence-electron chi connectivity index (χ4n) is 1.98. The molecule has 106 valence electrons. The van der Waals surface area contributed by atoms with Crippen LogP contribution >= 0.6 is 0 Å². The molecular weight excluding hydrogens is 267 g/mol. The van der Waals surface area contributed by atoms with Crippen molar-refractivity contribution in [3.63, 3.8) is 0 Å². The maximum atomic E-state index is 13.7. The molecule has 1 aromatic heterocycles. The number of nitrogens with one attached hydrogen (secondary N) is 1. The third-order valence-electron chi connectivity index (χ3n) is 3.06. The lowest BCUT2D eigenvalue weighted by atomic mass is 10.0. The smallest absolute Gasteiger partial charge is 0.194 e. The number of aryl methyl sites for hydroxylation is 1. The third kappa shape index (κ3) is 3.15. The van der Waals surface area contributed by atoms with Crippen LogP contribution < -0.4 is 11.3 Å². The van der Waals surface area contributed by atoms with E-state index in [1.165, 1.54) is 6.07 Å². The number of rotatable bonds is 5. The summed E-state index contributed by atoms with van der Waals surface area (Å²) in [4.78, 5) is 4.14. The first-order valence-corrected chi connectivity index (χ1v) is 6.13. The molecule has 1 atom stereocenters. The van der Waals surface area contributed by atoms with E-state index in [0.29, 0.717) is 12.8 Å². The Morgan fingerprint density at radius 2 is 1.90 bits per heavy atom. The predicted octanol–water partition coefficient (Wildman–Crippen LogP) is 2.64. The summed E-state index contributed by atoms with van der Waals surface area (Å²) in [5.41, 5.74) is 3.24. The number of nitrogens with zero attached hydrogens (tertiary/aromatic N) is 1. The fourth-order valence-corrected chi connectivity index (χ4v) is 1.98. The Kier molecular flexibility index (Phi) is 4.70. The Hall–Kier alpha value is -1.92. The Labute approximate surface area is 114 Å². The van der Waals surface area contributed by atoms with Gasteiger partial charge in [0.25, 0.3) is 0 Å². The van der Waals surface area contributed by atoms with Gasteiger partial charge in [0.1, 0.15) is 0 Å². The van der Waals surface area contributed by atoms with Gasteiger partial charge >= 0.3 is 0 Å². The highest BCUT2D eigenvalue weighted by Crippen LogP contribution is 2.24. The standard InChI is InChI=1S/C14H14F3N3/c15-11-6-5-10(13(16)14(11)17)12(20-18)7-4-9-3-1-2-8-19-9/h1-3,5-6,8,12,20H,4,7,18H2. The van der Waals surface area contributed by atoms with Crippen LogP contribution in [0.15, 0.2) is 36.5 Å². The Balaban J connectivity index is 2.15. The maximum absolute atomic E-state index is 13.7. The zero-order valence-corrected chi connectivity index (χ0v) is 10.6. The molecule has 0 saturated carbocycles. The van der Waals surface area contributed by atoms with Crippen molar-refractivity contribution in [2.75, 3.05) is 0 Å². The number of hydrazine groups is 1. The van der Waals surface area contributed by atoms with Crippen LogP contribution in [0, 0.1) is 17.5 Å². The second-order valence-electron chi connectivity index (χ2n) is 4.34. The van der Waals surface area contributed by atoms with E-state index in [1.807, 2.05) is 12.1 Å². The number of benzene rings is 1. The molecule has 0 fully saturated rings. The first-order chi connectivity index (χ1) is 9.63. The van der Waals surface area contributed by atoms with E-state index < -0.39 is 23.5 Å². The molecular formula is C14H14F3N3. The molecule has 2 rings (SSSR count). The lowest BCUT2D eigenvalue weighted by molar-refractivity contribution is 0.419. The van der Waals surface area contributed by atoms with Crippen LogP contribution in [0.1, 0.15) is 23.7 Å². The molecule has 0 amide bonds. The average molecular weight is 281 g/mol. The van der Waals surface area contributed by atoms with Gasteiger partial charge in [-0.15, -0.1) is 0 Å². The topological polar surface area (TPSA) is 50.9 Å². The fraction of sp³-hybridized carbons (Fsp3) is 0.214. The van der Waals surface area contributed by atoms with Crippen molar-refractivity contribution in [1.29, 1.82) is 0 Å². The van der Waals surface area contributed by atoms with Gasteiger partial charge in [-0.3, -0.25) is 16.3 Å². The molecule has 1 heterocycles. The summed E-state index contributed by atoms with van der Waals surface area (Å²) in [5, 5.41) is 0. The zero-order valence-electron chi connectivity index (χ0n) is 10.6. The van der Waals surface area contributed by atoms with Crippen molar-refractivity contribution in [3.8, 4) is 0 Å². The van der Waals surface area contributed by atoms with E-state index in [0.717, 1.165) is 11.8 Å². The zero-order chi connectivity index (χ0) is 14.5. The highest BCUT2D eigenvalue weighted by molar-refractivity contribution is 5.23. The normalized spacial score (nSPS) is 12.4. The summed E-state index contributed by atoms with van der Waals surface area (Å²) in [6, 6.07) is 6.92. The third-order valence-corrected chi connectivity index (χ3v) is 3.06. The first kappa shape index (κ1) is 14.5. The van der Waals surface area contributed by atoms with Crippen molar-refractivity contribution in [1.82, 2.24) is 10.4 Å². The van der Waals surface area contributed by atoms with Gasteiger partial charge in [-0.05, 0) is 31.0 Å². The van der Waals surface area contributed by atoms with Crippen LogP contribution in [0.2, 0.25) is 0 Å². The van der Waals surface area contributed by atoms with Gasteiger partial charge in [-0.25, -0.2) is 13.2 Å². The van der Waals surface area contributed by atoms with Crippen LogP contribution in [0.25, 0.3) is 0 Å². The largest absolute Gasteiger partial charge is 0.271 e. The summed E-state index contributed by atoms with van der Waals surface area (Å²) >= 11 is 0. The highest BCUT2D eigenvalue weighted by atomic mass is 19.2. The minimum absolute atomic E-state index is 0.00216. The van der Waals surface area contributed by atoms with Crippen LogP contribution in [-0.2, 0) is 6.42 Å². The summed E-state index contributed by atoms with van der Waals surface area (Å²) < 4.78 is 39.8. The summed E-state index contributed by atoms with van der Waals surface area (Å²) in [7, 11) is 0. The van der Waals surface area contributed by atoms with E-state index in [-0.39, 0.29) is 5.56 Å². The van der Waals surface area contributed by atoms with Gasteiger partial charge in [0.2, 0.25) is 0 Å². The van der Waals surface area contributed by atoms with Crippen molar-refractivity contribution in [2.45, 2.75) is 18.9 Å². The quantitative estimate of drug-likeness (QED) is 0.503. The maximum Gasteiger partial charge on any atom is 0.194 e. The molecule has 6 heteroatoms. The van der Waals surface area contributed by atoms with Crippen LogP contribution in [0.3, 0.4) is 0 Å². The van der Waals surface area contributed by atoms with Crippen molar-refractivity contribution in [2.24, 2.45) is 5.84 Å². The average Bonchev–Trinajstić information content (AvgIpc) is 2.48. The van der Waals surface area contributed by atoms with E-state index in [9.17, 15) is 13.2 Å². The molecule has 20 heavy (non-hydrogen) atoms. The number of aromatic nitrogens is 1. The van der Waals surface area contributed by atoms with Crippen molar-refractivity contribution in [3.05, 3.63) is 65.2 Å². The molecule has 0 aliphatic heterocycles. The van der Waals surface area contributed by atoms with Gasteiger partial charge in [0.15, 0.2) is 17.5 Å². The van der Waals surface area contributed by atoms with Gasteiger partial charge < -0.3 is 0 Å². The lowest BCUT2D eigenvalue weighted by Crippen LogP contribution is -2.29. The van der Waals surface area contributed by atoms with E-state index in [4.69, 9.17) is 5.84 Å². The van der Waals surface area contributed by atoms with E-state index in [2.05, 4.69) is 10.4 Å². The number of hydrogen-bond acceptors (Lipinski definition) is 3. The molecule has 0 saturated heterocycles. The Morgan fingerprint density at radius 3 is 2.55 bits per heavy atom. The molecule has 3 nitrogen and oxygen atoms in total. The van der Waals surface area contributed by atoms with Gasteiger partial charge in [0.05, 0.1) is 0 Å². The predicted molar refractivity (Wildman–Crippen MR) is 68.9 cm³/mol. The number of pyridine rings is 1. The van der Waals surface area contributed by atoms with Gasteiger partial charge in [-0.1, -0.05) is 12.1 Å². The second-order valence-corrected chi connectivity index (χ2v) is 4.34. The first-order valence-electron chi connectivity index (χ1n) is 6.13. The van der Waals surface area contributed by atoms with Gasteiger partial charge in [0, 0.05) is 23.5 Å². The lowest BCUT2D eigenvalue weighted by Gasteiger charge is -2.17. The van der Waals surface area contributed by atoms with Crippen molar-refractivity contribution >= 4 is 0 Å². The van der Waals surface area contributed by atoms with E-state index in [1.54, 1.807) is 12.3 Å². The molecule has 3 N–H and O–H groups in total. The molecule has 0 aliphatic carbocycles. The molecule has 1 aromatic carbocycles. The number of nitrogens with two attached hydrogens (primary N) is 1. The Bertz CT molecular complexity index is 575. The molecule has 0 spiro atoms. The van der Waals surface area contributed by atoms with E-state index >= 15 is 0 Å². The molecule has 1 unspecified atom stereocenters. The SMILES string of the molecule is NNC(CCc1ccccn1)c1ccc(F)c(F)c1F. The Morgan fingerprint density at radius 1 is 1.10 bits per heavy atom. The summed E-state index contributed by atoms with van der Waals surface area (Å²) in [5.74, 6) is 1.46. The molecule has 0 radical (unpaired) electrons. The summed E-state index contributed by atoms with van der Waals surface area (Å²) in [6.45, 7) is 0. The molecule has 0 aliphatic rings. The monoisotopic (exact) mass is 281 g/mol. The van der Waals surface area contributed by atoms with Crippen LogP contribution in [-0.4, -0.2) is 4.98 Å². The minimum Gasteiger partial charge on any atom is -0.271 e. The number of halogens is 3. The van der Waals surface area contributed by atoms with Crippen molar-refractivity contribution < 1.29 is 13.2 Å². The van der Waals surface area contributed by atoms with Gasteiger partial charge in [-0.2, -0.15) is 0 Å². The highest BCUT2D eigenvalue weighted by Gasteiger charge is 2.20. The number of hydrogen-bond donors (Lipinski definition) is 2. The van der Waals surface area contributed by atoms with Crippen LogP contribution in [0.5, 0.6) is 0 Å². The minimum atomic E-state index is -1.49. The summed E-state index contributed by atoms with van der Waals surface area (Å²) in [6.07, 6.45) is 2.60.